The van der Waals surface area contributed by atoms with Crippen LogP contribution in [0.3, 0.4) is 0 Å². The smallest absolute Gasteiger partial charge is 0.102 e. The Bertz CT molecular complexity index is 1000. The molecule has 132 valence electrons. The van der Waals surface area contributed by atoms with Gasteiger partial charge < -0.3 is 15.4 Å². The van der Waals surface area contributed by atoms with E-state index in [-0.39, 0.29) is 6.61 Å². The lowest BCUT2D eigenvalue weighted by molar-refractivity contribution is 0.279. The van der Waals surface area contributed by atoms with Crippen LogP contribution < -0.4 is 5.73 Å². The number of halogens is 1. The highest BCUT2D eigenvalue weighted by Crippen LogP contribution is 2.33. The Labute approximate surface area is 157 Å². The summed E-state index contributed by atoms with van der Waals surface area (Å²) in [6.07, 6.45) is 1.57. The Morgan fingerprint density at radius 3 is 2.54 bits per heavy atom. The molecule has 1 aromatic carbocycles. The summed E-state index contributed by atoms with van der Waals surface area (Å²) in [5, 5.41) is 19.8. The van der Waals surface area contributed by atoms with Gasteiger partial charge in [0, 0.05) is 34.4 Å². The Morgan fingerprint density at radius 2 is 1.92 bits per heavy atom. The summed E-state index contributed by atoms with van der Waals surface area (Å²) in [4.78, 5) is 4.36. The molecule has 0 amide bonds. The molecule has 2 aromatic heterocycles. The van der Waals surface area contributed by atoms with Crippen molar-refractivity contribution in [2.75, 3.05) is 5.73 Å². The van der Waals surface area contributed by atoms with E-state index in [9.17, 15) is 10.4 Å². The fourth-order valence-electron chi connectivity index (χ4n) is 3.20. The minimum absolute atomic E-state index is 0.141. The van der Waals surface area contributed by atoms with Crippen molar-refractivity contribution in [3.05, 3.63) is 69.8 Å². The van der Waals surface area contributed by atoms with E-state index in [4.69, 9.17) is 17.3 Å². The van der Waals surface area contributed by atoms with Gasteiger partial charge in [-0.15, -0.1) is 0 Å². The molecule has 0 saturated carbocycles. The van der Waals surface area contributed by atoms with Crippen LogP contribution in [0.5, 0.6) is 0 Å². The number of rotatable bonds is 4. The largest absolute Gasteiger partial charge is 0.399 e. The molecule has 0 atom stereocenters. The van der Waals surface area contributed by atoms with Crippen LogP contribution in [0.1, 0.15) is 28.2 Å². The lowest BCUT2D eigenvalue weighted by atomic mass is 10.0. The molecule has 26 heavy (non-hydrogen) atoms. The minimum atomic E-state index is -0.141. The summed E-state index contributed by atoms with van der Waals surface area (Å²) in [5.41, 5.74) is 12.2. The molecule has 0 unspecified atom stereocenters. The number of aliphatic hydroxyl groups is 1. The SMILES string of the molecule is Cc1c(C#N)c(-c2ccc(N)cc2)c(C)n1Cc1ncc(Cl)cc1CO. The first-order valence-corrected chi connectivity index (χ1v) is 8.54. The van der Waals surface area contributed by atoms with Crippen LogP contribution in [0.2, 0.25) is 5.02 Å². The zero-order valence-electron chi connectivity index (χ0n) is 14.6. The molecule has 6 heteroatoms. The molecule has 2 heterocycles. The average molecular weight is 367 g/mol. The Hall–Kier alpha value is -2.81. The maximum Gasteiger partial charge on any atom is 0.102 e. The van der Waals surface area contributed by atoms with Crippen molar-refractivity contribution in [2.24, 2.45) is 0 Å². The summed E-state index contributed by atoms with van der Waals surface area (Å²) in [6, 6.07) is 11.5. The van der Waals surface area contributed by atoms with E-state index in [0.29, 0.717) is 28.4 Å². The first-order chi connectivity index (χ1) is 12.5. The molecule has 3 rings (SSSR count). The lowest BCUT2D eigenvalue weighted by Gasteiger charge is -2.12. The number of nitriles is 1. The van der Waals surface area contributed by atoms with Gasteiger partial charge in [-0.3, -0.25) is 4.98 Å². The van der Waals surface area contributed by atoms with Crippen molar-refractivity contribution < 1.29 is 5.11 Å². The van der Waals surface area contributed by atoms with Gasteiger partial charge in [0.2, 0.25) is 0 Å². The molecule has 5 nitrogen and oxygen atoms in total. The number of nitrogen functional groups attached to an aromatic ring is 1. The van der Waals surface area contributed by atoms with E-state index in [2.05, 4.69) is 11.1 Å². The molecule has 0 saturated heterocycles. The molecule has 0 bridgehead atoms. The molecule has 3 aromatic rings. The third-order valence-corrected chi connectivity index (χ3v) is 4.81. The standard InChI is InChI=1S/C20H19ClN4O/c1-12-18(8-22)20(14-3-5-17(23)6-4-14)13(2)25(12)10-19-15(11-26)7-16(21)9-24-19/h3-7,9,26H,10-11,23H2,1-2H3. The number of nitrogens with two attached hydrogens (primary N) is 1. The molecular weight excluding hydrogens is 348 g/mol. The highest BCUT2D eigenvalue weighted by atomic mass is 35.5. The van der Waals surface area contributed by atoms with Crippen molar-refractivity contribution in [1.29, 1.82) is 5.26 Å². The van der Waals surface area contributed by atoms with Crippen LogP contribution in [0, 0.1) is 25.2 Å². The van der Waals surface area contributed by atoms with Gasteiger partial charge in [0.05, 0.1) is 29.4 Å². The summed E-state index contributed by atoms with van der Waals surface area (Å²) in [7, 11) is 0. The van der Waals surface area contributed by atoms with Gasteiger partial charge in [-0.1, -0.05) is 23.7 Å². The van der Waals surface area contributed by atoms with E-state index in [1.807, 2.05) is 42.7 Å². The number of hydrogen-bond acceptors (Lipinski definition) is 4. The van der Waals surface area contributed by atoms with Crippen molar-refractivity contribution in [3.8, 4) is 17.2 Å². The van der Waals surface area contributed by atoms with Gasteiger partial charge in [0.1, 0.15) is 6.07 Å². The Balaban J connectivity index is 2.12. The van der Waals surface area contributed by atoms with Crippen molar-refractivity contribution in [3.63, 3.8) is 0 Å². The maximum atomic E-state index is 9.70. The van der Waals surface area contributed by atoms with Crippen molar-refractivity contribution in [2.45, 2.75) is 27.0 Å². The van der Waals surface area contributed by atoms with Gasteiger partial charge in [-0.2, -0.15) is 5.26 Å². The number of benzene rings is 1. The van der Waals surface area contributed by atoms with Crippen LogP contribution in [-0.2, 0) is 13.2 Å². The molecule has 0 aliphatic rings. The van der Waals surface area contributed by atoms with E-state index in [1.54, 1.807) is 12.3 Å². The van der Waals surface area contributed by atoms with Gasteiger partial charge >= 0.3 is 0 Å². The molecule has 0 spiro atoms. The van der Waals surface area contributed by atoms with Crippen LogP contribution in [0.25, 0.3) is 11.1 Å². The van der Waals surface area contributed by atoms with E-state index < -0.39 is 0 Å². The number of aromatic nitrogens is 2. The fourth-order valence-corrected chi connectivity index (χ4v) is 3.38. The lowest BCUT2D eigenvalue weighted by Crippen LogP contribution is -2.08. The van der Waals surface area contributed by atoms with Crippen molar-refractivity contribution in [1.82, 2.24) is 9.55 Å². The van der Waals surface area contributed by atoms with Gasteiger partial charge in [-0.25, -0.2) is 0 Å². The van der Waals surface area contributed by atoms with Crippen LogP contribution >= 0.6 is 11.6 Å². The minimum Gasteiger partial charge on any atom is -0.399 e. The second-order valence-corrected chi connectivity index (χ2v) is 6.59. The molecule has 0 aliphatic heterocycles. The summed E-state index contributed by atoms with van der Waals surface area (Å²) >= 11 is 5.97. The zero-order chi connectivity index (χ0) is 18.8. The summed E-state index contributed by atoms with van der Waals surface area (Å²) in [6.45, 7) is 4.21. The molecule has 0 fully saturated rings. The van der Waals surface area contributed by atoms with E-state index in [0.717, 1.165) is 28.2 Å². The molecule has 0 aliphatic carbocycles. The van der Waals surface area contributed by atoms with Crippen LogP contribution in [0.4, 0.5) is 5.69 Å². The van der Waals surface area contributed by atoms with Gasteiger partial charge in [0.25, 0.3) is 0 Å². The van der Waals surface area contributed by atoms with E-state index >= 15 is 0 Å². The molecule has 3 N–H and O–H groups in total. The summed E-state index contributed by atoms with van der Waals surface area (Å²) in [5.74, 6) is 0. The molecular formula is C20H19ClN4O. The highest BCUT2D eigenvalue weighted by Gasteiger charge is 2.20. The first kappa shape index (κ1) is 18.0. The van der Waals surface area contributed by atoms with E-state index in [1.165, 1.54) is 0 Å². The normalized spacial score (nSPS) is 10.7. The number of nitrogens with zero attached hydrogens (tertiary/aromatic N) is 3. The third kappa shape index (κ3) is 3.17. The third-order valence-electron chi connectivity index (χ3n) is 4.60. The van der Waals surface area contributed by atoms with Crippen molar-refractivity contribution >= 4 is 17.3 Å². The maximum absolute atomic E-state index is 9.70. The number of aliphatic hydroxyl groups excluding tert-OH is 1. The Morgan fingerprint density at radius 1 is 1.23 bits per heavy atom. The first-order valence-electron chi connectivity index (χ1n) is 8.16. The average Bonchev–Trinajstić information content (AvgIpc) is 2.87. The fraction of sp³-hybridized carbons (Fsp3) is 0.200. The zero-order valence-corrected chi connectivity index (χ0v) is 15.4. The Kier molecular flexibility index (Phi) is 4.99. The predicted molar refractivity (Wildman–Crippen MR) is 103 cm³/mol. The van der Waals surface area contributed by atoms with Gasteiger partial charge in [-0.05, 0) is 37.6 Å². The topological polar surface area (TPSA) is 87.9 Å². The number of hydrogen-bond donors (Lipinski definition) is 2. The molecule has 0 radical (unpaired) electrons. The number of pyridine rings is 1. The second kappa shape index (κ2) is 7.20. The summed E-state index contributed by atoms with van der Waals surface area (Å²) < 4.78 is 2.04. The second-order valence-electron chi connectivity index (χ2n) is 6.16. The quantitative estimate of drug-likeness (QED) is 0.687. The van der Waals surface area contributed by atoms with Gasteiger partial charge in [0.15, 0.2) is 0 Å². The predicted octanol–water partition coefficient (Wildman–Crippen LogP) is 3.81. The monoisotopic (exact) mass is 366 g/mol. The number of anilines is 1. The highest BCUT2D eigenvalue weighted by molar-refractivity contribution is 6.30. The van der Waals surface area contributed by atoms with Crippen LogP contribution in [0.15, 0.2) is 36.5 Å². The van der Waals surface area contributed by atoms with Crippen LogP contribution in [-0.4, -0.2) is 14.7 Å².